The number of unbranched alkanes of at least 4 members (excludes halogenated alkanes) is 4. The molecule has 0 heterocycles. The third-order valence-electron chi connectivity index (χ3n) is 5.04. The van der Waals surface area contributed by atoms with Crippen LogP contribution in [-0.2, 0) is 29.0 Å². The minimum atomic E-state index is -0.727. The number of phenols is 2. The normalized spacial score (nSPS) is 11.0. The van der Waals surface area contributed by atoms with E-state index < -0.39 is 5.97 Å². The van der Waals surface area contributed by atoms with Crippen LogP contribution >= 0.6 is 0 Å². The molecule has 1 aromatic rings. The molecule has 0 radical (unpaired) electrons. The summed E-state index contributed by atoms with van der Waals surface area (Å²) in [5.41, 5.74) is 2.65. The first-order valence-electron chi connectivity index (χ1n) is 10.9. The van der Waals surface area contributed by atoms with Crippen molar-refractivity contribution < 1.29 is 24.8 Å². The van der Waals surface area contributed by atoms with Crippen molar-refractivity contribution in [1.82, 2.24) is 0 Å². The summed E-state index contributed by atoms with van der Waals surface area (Å²) in [4.78, 5) is 22.7. The number of phenolic OH excluding ortho intramolecular Hbond substituents is 2. The number of aromatic hydroxyl groups is 2. The molecule has 0 aromatic heterocycles. The third-order valence-corrected chi connectivity index (χ3v) is 5.04. The maximum atomic E-state index is 12.7. The molecule has 0 atom stereocenters. The van der Waals surface area contributed by atoms with Gasteiger partial charge in [0.2, 0.25) is 0 Å². The van der Waals surface area contributed by atoms with Gasteiger partial charge in [0.05, 0.1) is 6.61 Å². The fourth-order valence-corrected chi connectivity index (χ4v) is 3.35. The lowest BCUT2D eigenvalue weighted by Gasteiger charge is -2.21. The summed E-state index contributed by atoms with van der Waals surface area (Å²) >= 11 is 0. The number of carbonyl (C=O) groups excluding carboxylic acids is 1. The van der Waals surface area contributed by atoms with Crippen LogP contribution in [0.1, 0.15) is 106 Å². The van der Waals surface area contributed by atoms with E-state index in [0.717, 1.165) is 74.5 Å². The van der Waals surface area contributed by atoms with Crippen LogP contribution in [-0.4, -0.2) is 22.8 Å². The summed E-state index contributed by atoms with van der Waals surface area (Å²) in [7, 11) is 0. The number of benzene rings is 1. The Morgan fingerprint density at radius 3 is 1.75 bits per heavy atom. The molecule has 1 aromatic carbocycles. The highest BCUT2D eigenvalue weighted by atomic mass is 17.2. The van der Waals surface area contributed by atoms with Crippen molar-refractivity contribution in [2.75, 3.05) is 6.61 Å². The summed E-state index contributed by atoms with van der Waals surface area (Å²) in [5, 5.41) is 21.4. The fraction of sp³-hybridized carbons (Fsp3) is 0.696. The van der Waals surface area contributed by atoms with Crippen LogP contribution in [0.25, 0.3) is 0 Å². The predicted octanol–water partition coefficient (Wildman–Crippen LogP) is 6.01. The van der Waals surface area contributed by atoms with Gasteiger partial charge in [0.15, 0.2) is 11.5 Å². The van der Waals surface area contributed by atoms with Crippen LogP contribution in [0.3, 0.4) is 0 Å². The largest absolute Gasteiger partial charge is 0.504 e. The van der Waals surface area contributed by atoms with E-state index >= 15 is 0 Å². The summed E-state index contributed by atoms with van der Waals surface area (Å²) in [6.07, 6.45) is 9.61. The van der Waals surface area contributed by atoms with Crippen molar-refractivity contribution in [2.24, 2.45) is 0 Å². The van der Waals surface area contributed by atoms with Crippen LogP contribution < -0.4 is 0 Å². The zero-order chi connectivity index (χ0) is 20.9. The Kier molecular flexibility index (Phi) is 11.7. The van der Waals surface area contributed by atoms with E-state index in [1.54, 1.807) is 0 Å². The van der Waals surface area contributed by atoms with Gasteiger partial charge >= 0.3 is 5.97 Å². The van der Waals surface area contributed by atoms with Crippen molar-refractivity contribution in [1.29, 1.82) is 0 Å². The summed E-state index contributed by atoms with van der Waals surface area (Å²) in [6.45, 7) is 8.65. The molecule has 5 heteroatoms. The third kappa shape index (κ3) is 6.69. The van der Waals surface area contributed by atoms with E-state index in [2.05, 4.69) is 20.8 Å². The highest BCUT2D eigenvalue weighted by Gasteiger charge is 2.28. The molecule has 2 N–H and O–H groups in total. The van der Waals surface area contributed by atoms with Gasteiger partial charge in [0.1, 0.15) is 5.56 Å². The molecule has 0 saturated carbocycles. The second-order valence-corrected chi connectivity index (χ2v) is 7.36. The van der Waals surface area contributed by atoms with Crippen molar-refractivity contribution in [3.8, 4) is 11.5 Å². The van der Waals surface area contributed by atoms with Crippen LogP contribution in [0.5, 0.6) is 11.5 Å². The lowest BCUT2D eigenvalue weighted by Crippen LogP contribution is -2.14. The molecule has 0 aliphatic rings. The highest BCUT2D eigenvalue weighted by Crippen LogP contribution is 2.41. The second kappa shape index (κ2) is 13.4. The molecule has 28 heavy (non-hydrogen) atoms. The van der Waals surface area contributed by atoms with Gasteiger partial charge in [0.25, 0.3) is 0 Å². The van der Waals surface area contributed by atoms with E-state index in [1.165, 1.54) is 0 Å². The van der Waals surface area contributed by atoms with Crippen molar-refractivity contribution in [3.63, 3.8) is 0 Å². The van der Waals surface area contributed by atoms with Gasteiger partial charge in [-0.2, -0.15) is 4.89 Å². The first-order chi connectivity index (χ1) is 13.5. The molecule has 5 nitrogen and oxygen atoms in total. The predicted molar refractivity (Wildman–Crippen MR) is 112 cm³/mol. The van der Waals surface area contributed by atoms with Gasteiger partial charge in [0, 0.05) is 5.56 Å². The number of hydrogen-bond acceptors (Lipinski definition) is 5. The Morgan fingerprint density at radius 1 is 0.714 bits per heavy atom. The molecule has 0 saturated heterocycles. The molecule has 160 valence electrons. The highest BCUT2D eigenvalue weighted by molar-refractivity contribution is 5.95. The van der Waals surface area contributed by atoms with E-state index in [4.69, 9.17) is 9.78 Å². The number of carbonyl (C=O) groups is 1. The molecule has 0 aliphatic heterocycles. The average molecular weight is 395 g/mol. The summed E-state index contributed by atoms with van der Waals surface area (Å²) < 4.78 is 0. The van der Waals surface area contributed by atoms with Gasteiger partial charge in [-0.05, 0) is 56.1 Å². The van der Waals surface area contributed by atoms with Crippen molar-refractivity contribution in [3.05, 3.63) is 22.3 Å². The van der Waals surface area contributed by atoms with Crippen molar-refractivity contribution >= 4 is 5.97 Å². The van der Waals surface area contributed by atoms with E-state index in [-0.39, 0.29) is 17.1 Å². The molecule has 0 spiro atoms. The minimum absolute atomic E-state index is 0.0637. The zero-order valence-corrected chi connectivity index (χ0v) is 18.1. The SMILES string of the molecule is CCCCOOC(=O)c1c(O)c(O)c(CCCC)c(CCCC)c1CCCC. The first-order valence-corrected chi connectivity index (χ1v) is 10.9. The maximum Gasteiger partial charge on any atom is 0.377 e. The second-order valence-electron chi connectivity index (χ2n) is 7.36. The topological polar surface area (TPSA) is 76.0 Å². The molecule has 0 bridgehead atoms. The van der Waals surface area contributed by atoms with Crippen LogP contribution in [0.4, 0.5) is 0 Å². The van der Waals surface area contributed by atoms with Crippen LogP contribution in [0.2, 0.25) is 0 Å². The average Bonchev–Trinajstić information content (AvgIpc) is 2.69. The lowest BCUT2D eigenvalue weighted by molar-refractivity contribution is -0.241. The Labute approximate surface area is 170 Å². The Hall–Kier alpha value is -1.75. The van der Waals surface area contributed by atoms with Crippen LogP contribution in [0.15, 0.2) is 0 Å². The molecule has 0 aliphatic carbocycles. The Bertz CT molecular complexity index is 610. The van der Waals surface area contributed by atoms with E-state index in [9.17, 15) is 15.0 Å². The van der Waals surface area contributed by atoms with Crippen LogP contribution in [0, 0.1) is 0 Å². The molecule has 0 fully saturated rings. The molecule has 1 rings (SSSR count). The standard InChI is InChI=1S/C23H38O5/c1-5-9-13-17-18(14-10-6-2)20(23(26)28-27-16-12-8-4)22(25)21(24)19(17)15-11-7-3/h24-25H,5-16H2,1-4H3. The smallest absolute Gasteiger partial charge is 0.377 e. The minimum Gasteiger partial charge on any atom is -0.504 e. The van der Waals surface area contributed by atoms with Gasteiger partial charge in [-0.3, -0.25) is 4.89 Å². The van der Waals surface area contributed by atoms with E-state index in [0.29, 0.717) is 19.4 Å². The molecular weight excluding hydrogens is 356 g/mol. The van der Waals surface area contributed by atoms with Gasteiger partial charge in [-0.15, -0.1) is 0 Å². The van der Waals surface area contributed by atoms with Gasteiger partial charge < -0.3 is 10.2 Å². The molecule has 0 amide bonds. The quantitative estimate of drug-likeness (QED) is 0.175. The number of hydrogen-bond donors (Lipinski definition) is 2. The summed E-state index contributed by atoms with van der Waals surface area (Å²) in [5.74, 6) is -1.28. The lowest BCUT2D eigenvalue weighted by atomic mass is 9.86. The Balaban J connectivity index is 3.40. The van der Waals surface area contributed by atoms with Crippen molar-refractivity contribution in [2.45, 2.75) is 98.3 Å². The van der Waals surface area contributed by atoms with Gasteiger partial charge in [-0.1, -0.05) is 53.4 Å². The fourth-order valence-electron chi connectivity index (χ4n) is 3.35. The summed E-state index contributed by atoms with van der Waals surface area (Å²) in [6, 6.07) is 0. The van der Waals surface area contributed by atoms with E-state index in [1.807, 2.05) is 6.92 Å². The first kappa shape index (κ1) is 24.3. The Morgan fingerprint density at radius 2 is 1.21 bits per heavy atom. The van der Waals surface area contributed by atoms with Gasteiger partial charge in [-0.25, -0.2) is 4.79 Å². The zero-order valence-electron chi connectivity index (χ0n) is 18.1. The molecular formula is C23H38O5. The monoisotopic (exact) mass is 394 g/mol. The maximum absolute atomic E-state index is 12.7. The molecule has 0 unspecified atom stereocenters. The number of rotatable bonds is 14.